The Morgan fingerprint density at radius 2 is 1.83 bits per heavy atom. The van der Waals surface area contributed by atoms with Gasteiger partial charge in [0, 0.05) is 31.0 Å². The lowest BCUT2D eigenvalue weighted by Crippen LogP contribution is -2.35. The van der Waals surface area contributed by atoms with Gasteiger partial charge in [-0.05, 0) is 57.0 Å². The molecule has 8 heteroatoms. The van der Waals surface area contributed by atoms with Crippen LogP contribution in [-0.4, -0.2) is 32.0 Å². The van der Waals surface area contributed by atoms with E-state index < -0.39 is 15.9 Å². The van der Waals surface area contributed by atoms with E-state index >= 15 is 0 Å². The average molecular weight is 429 g/mol. The molecule has 160 valence electrons. The molecule has 1 aromatic heterocycles. The number of nitrogens with zero attached hydrogens (tertiary/aromatic N) is 2. The first kappa shape index (κ1) is 23.4. The fourth-order valence-electron chi connectivity index (χ4n) is 3.10. The number of carbonyl (C=O) groups is 1. The summed E-state index contributed by atoms with van der Waals surface area (Å²) in [4.78, 5) is 12.5. The Bertz CT molecular complexity index is 1070. The summed E-state index contributed by atoms with van der Waals surface area (Å²) in [6, 6.07) is 10.4. The molecule has 30 heavy (non-hydrogen) atoms. The number of nitriles is 1. The average Bonchev–Trinajstić information content (AvgIpc) is 2.97. The highest BCUT2D eigenvalue weighted by molar-refractivity contribution is 7.89. The van der Waals surface area contributed by atoms with Gasteiger partial charge in [-0.2, -0.15) is 5.26 Å². The van der Waals surface area contributed by atoms with Crippen LogP contribution in [0.15, 0.2) is 40.8 Å². The molecule has 1 heterocycles. The van der Waals surface area contributed by atoms with Gasteiger partial charge in [0.2, 0.25) is 10.0 Å². The number of rotatable bonds is 9. The summed E-state index contributed by atoms with van der Waals surface area (Å²) in [5, 5.41) is 12.0. The first-order valence-electron chi connectivity index (χ1n) is 9.82. The quantitative estimate of drug-likeness (QED) is 0.364. The standard InChI is InChI=1S/C22H28N4O3S/c1-5-12-26-17(3)13-19(18(26)4)14-20(15-23)22(27)24-10-11-25-30(28,29)21-8-6-16(2)7-9-21/h6-9,13-14,25H,5,10-12H2,1-4H3,(H,24,27)/b20-14+. The van der Waals surface area contributed by atoms with Crippen LogP contribution in [0.2, 0.25) is 0 Å². The molecule has 0 atom stereocenters. The highest BCUT2D eigenvalue weighted by Crippen LogP contribution is 2.18. The number of sulfonamides is 1. The molecule has 0 spiro atoms. The minimum atomic E-state index is -3.65. The Labute approximate surface area is 178 Å². The van der Waals surface area contributed by atoms with Gasteiger partial charge in [0.05, 0.1) is 4.90 Å². The molecular weight excluding hydrogens is 400 g/mol. The predicted octanol–water partition coefficient (Wildman–Crippen LogP) is 2.83. The van der Waals surface area contributed by atoms with E-state index in [1.807, 2.05) is 32.9 Å². The maximum absolute atomic E-state index is 12.4. The topological polar surface area (TPSA) is 104 Å². The molecule has 2 rings (SSSR count). The summed E-state index contributed by atoms with van der Waals surface area (Å²) in [5.74, 6) is -0.535. The van der Waals surface area contributed by atoms with Gasteiger partial charge in [-0.15, -0.1) is 0 Å². The highest BCUT2D eigenvalue weighted by Gasteiger charge is 2.15. The van der Waals surface area contributed by atoms with Gasteiger partial charge in [-0.3, -0.25) is 4.79 Å². The van der Waals surface area contributed by atoms with Crippen LogP contribution in [0.1, 0.15) is 35.9 Å². The van der Waals surface area contributed by atoms with E-state index in [1.54, 1.807) is 18.2 Å². The van der Waals surface area contributed by atoms with Crippen LogP contribution >= 0.6 is 0 Å². The van der Waals surface area contributed by atoms with Crippen molar-refractivity contribution in [2.75, 3.05) is 13.1 Å². The van der Waals surface area contributed by atoms with Crippen molar-refractivity contribution >= 4 is 22.0 Å². The number of aromatic nitrogens is 1. The highest BCUT2D eigenvalue weighted by atomic mass is 32.2. The molecule has 0 fully saturated rings. The molecule has 0 aliphatic carbocycles. The molecule has 7 nitrogen and oxygen atoms in total. The largest absolute Gasteiger partial charge is 0.350 e. The normalized spacial score (nSPS) is 11.9. The summed E-state index contributed by atoms with van der Waals surface area (Å²) in [5.41, 5.74) is 3.85. The zero-order valence-electron chi connectivity index (χ0n) is 17.8. The molecule has 0 unspecified atom stereocenters. The number of hydrogen-bond acceptors (Lipinski definition) is 4. The summed E-state index contributed by atoms with van der Waals surface area (Å²) in [6.45, 7) is 8.88. The number of carbonyl (C=O) groups excluding carboxylic acids is 1. The number of amides is 1. The lowest BCUT2D eigenvalue weighted by Gasteiger charge is -2.08. The number of hydrogen-bond donors (Lipinski definition) is 2. The Hall–Kier alpha value is -2.89. The van der Waals surface area contributed by atoms with E-state index in [0.29, 0.717) is 0 Å². The van der Waals surface area contributed by atoms with Crippen molar-refractivity contribution in [3.05, 3.63) is 58.4 Å². The van der Waals surface area contributed by atoms with Gasteiger partial charge in [0.1, 0.15) is 11.6 Å². The summed E-state index contributed by atoms with van der Waals surface area (Å²) >= 11 is 0. The van der Waals surface area contributed by atoms with Gasteiger partial charge >= 0.3 is 0 Å². The number of benzene rings is 1. The van der Waals surface area contributed by atoms with E-state index in [1.165, 1.54) is 12.1 Å². The van der Waals surface area contributed by atoms with Gasteiger partial charge in [0.15, 0.2) is 0 Å². The van der Waals surface area contributed by atoms with Crippen LogP contribution in [-0.2, 0) is 21.4 Å². The van der Waals surface area contributed by atoms with Crippen molar-refractivity contribution in [2.24, 2.45) is 0 Å². The molecule has 0 saturated heterocycles. The third-order valence-corrected chi connectivity index (χ3v) is 6.24. The van der Waals surface area contributed by atoms with E-state index in [2.05, 4.69) is 21.5 Å². The van der Waals surface area contributed by atoms with E-state index in [0.717, 1.165) is 35.5 Å². The van der Waals surface area contributed by atoms with Crippen molar-refractivity contribution in [2.45, 2.75) is 45.6 Å². The molecule has 1 amide bonds. The molecule has 0 saturated carbocycles. The minimum absolute atomic E-state index is 0.0195. The molecule has 1 aromatic carbocycles. The van der Waals surface area contributed by atoms with Crippen LogP contribution in [0.25, 0.3) is 6.08 Å². The smallest absolute Gasteiger partial charge is 0.262 e. The lowest BCUT2D eigenvalue weighted by atomic mass is 10.1. The van der Waals surface area contributed by atoms with Crippen LogP contribution in [0.3, 0.4) is 0 Å². The monoisotopic (exact) mass is 428 g/mol. The molecule has 2 N–H and O–H groups in total. The van der Waals surface area contributed by atoms with Crippen LogP contribution in [0.5, 0.6) is 0 Å². The minimum Gasteiger partial charge on any atom is -0.350 e. The van der Waals surface area contributed by atoms with Gasteiger partial charge in [0.25, 0.3) is 5.91 Å². The molecule has 0 aliphatic heterocycles. The third kappa shape index (κ3) is 5.81. The second kappa shape index (κ2) is 10.2. The maximum Gasteiger partial charge on any atom is 0.262 e. The Kier molecular flexibility index (Phi) is 7.98. The van der Waals surface area contributed by atoms with Crippen molar-refractivity contribution < 1.29 is 13.2 Å². The van der Waals surface area contributed by atoms with Crippen molar-refractivity contribution in [1.82, 2.24) is 14.6 Å². The van der Waals surface area contributed by atoms with Crippen molar-refractivity contribution in [3.8, 4) is 6.07 Å². The van der Waals surface area contributed by atoms with Crippen LogP contribution < -0.4 is 10.0 Å². The van der Waals surface area contributed by atoms with Crippen molar-refractivity contribution in [1.29, 1.82) is 5.26 Å². The van der Waals surface area contributed by atoms with Gasteiger partial charge < -0.3 is 9.88 Å². The summed E-state index contributed by atoms with van der Waals surface area (Å²) < 4.78 is 29.1. The Morgan fingerprint density at radius 1 is 1.17 bits per heavy atom. The second-order valence-electron chi connectivity index (χ2n) is 7.11. The van der Waals surface area contributed by atoms with Gasteiger partial charge in [-0.25, -0.2) is 13.1 Å². The van der Waals surface area contributed by atoms with Crippen LogP contribution in [0, 0.1) is 32.1 Å². The van der Waals surface area contributed by atoms with E-state index in [4.69, 9.17) is 0 Å². The zero-order chi connectivity index (χ0) is 22.3. The van der Waals surface area contributed by atoms with E-state index in [-0.39, 0.29) is 23.6 Å². The Morgan fingerprint density at radius 3 is 2.43 bits per heavy atom. The number of aryl methyl sites for hydroxylation is 2. The molecule has 0 aliphatic rings. The number of nitrogens with one attached hydrogen (secondary N) is 2. The molecule has 2 aromatic rings. The molecule has 0 bridgehead atoms. The summed E-state index contributed by atoms with van der Waals surface area (Å²) in [7, 11) is -3.65. The van der Waals surface area contributed by atoms with Crippen molar-refractivity contribution in [3.63, 3.8) is 0 Å². The fraction of sp³-hybridized carbons (Fsp3) is 0.364. The fourth-order valence-corrected chi connectivity index (χ4v) is 4.13. The summed E-state index contributed by atoms with van der Waals surface area (Å²) in [6.07, 6.45) is 2.56. The SMILES string of the molecule is CCCn1c(C)cc(/C=C(\C#N)C(=O)NCCNS(=O)(=O)c2ccc(C)cc2)c1C. The van der Waals surface area contributed by atoms with E-state index in [9.17, 15) is 18.5 Å². The molecule has 0 radical (unpaired) electrons. The Balaban J connectivity index is 1.98. The zero-order valence-corrected chi connectivity index (χ0v) is 18.6. The van der Waals surface area contributed by atoms with Crippen LogP contribution in [0.4, 0.5) is 0 Å². The third-order valence-electron chi connectivity index (χ3n) is 4.76. The first-order chi connectivity index (χ1) is 14.2. The maximum atomic E-state index is 12.4. The van der Waals surface area contributed by atoms with Gasteiger partial charge in [-0.1, -0.05) is 24.6 Å². The lowest BCUT2D eigenvalue weighted by molar-refractivity contribution is -0.117. The second-order valence-corrected chi connectivity index (χ2v) is 8.88. The molecular formula is C22H28N4O3S. The predicted molar refractivity (Wildman–Crippen MR) is 117 cm³/mol. The first-order valence-corrected chi connectivity index (χ1v) is 11.3.